The van der Waals surface area contributed by atoms with Crippen LogP contribution in [0.2, 0.25) is 0 Å². The van der Waals surface area contributed by atoms with E-state index >= 15 is 0 Å². The molecule has 9 nitrogen and oxygen atoms in total. The van der Waals surface area contributed by atoms with E-state index in [9.17, 15) is 9.59 Å². The van der Waals surface area contributed by atoms with Gasteiger partial charge in [0.05, 0.1) is 0 Å². The molecule has 2 N–H and O–H groups in total. The number of benzene rings is 2. The van der Waals surface area contributed by atoms with Crippen molar-refractivity contribution in [2.45, 2.75) is 19.4 Å². The van der Waals surface area contributed by atoms with Crippen LogP contribution in [0.5, 0.6) is 5.75 Å². The number of thiophene rings is 1. The first-order valence-electron chi connectivity index (χ1n) is 13.8. The average Bonchev–Trinajstić information content (AvgIpc) is 3.50. The Hall–Kier alpha value is -4.28. The summed E-state index contributed by atoms with van der Waals surface area (Å²) in [4.78, 5) is 39.7. The summed E-state index contributed by atoms with van der Waals surface area (Å²) in [6, 6.07) is 19.5. The van der Waals surface area contributed by atoms with Crippen molar-refractivity contribution in [1.82, 2.24) is 19.8 Å². The highest BCUT2D eigenvalue weighted by molar-refractivity contribution is 7.07. The number of amides is 1. The van der Waals surface area contributed by atoms with Gasteiger partial charge in [-0.05, 0) is 70.8 Å². The summed E-state index contributed by atoms with van der Waals surface area (Å²) < 4.78 is 5.80. The molecule has 5 aliphatic heterocycles. The Bertz CT molecular complexity index is 1490. The first kappa shape index (κ1) is 26.9. The number of Topliss-reactive ketones (excluding diaryl/α,β-unsaturated/α-hetero) is 1. The number of ketones is 1. The minimum atomic E-state index is -0.403. The van der Waals surface area contributed by atoms with Crippen molar-refractivity contribution in [2.75, 3.05) is 43.4 Å². The van der Waals surface area contributed by atoms with Gasteiger partial charge in [-0.2, -0.15) is 11.3 Å². The lowest BCUT2D eigenvalue weighted by Crippen LogP contribution is -2.50. The second-order valence-corrected chi connectivity index (χ2v) is 11.2. The summed E-state index contributed by atoms with van der Waals surface area (Å²) in [6.45, 7) is 3.56. The fraction of sp³-hybridized carbons (Fsp3) is 0.290. The molecular formula is C31H32N6O3S. The molecule has 0 aliphatic carbocycles. The van der Waals surface area contributed by atoms with E-state index in [2.05, 4.69) is 43.0 Å². The number of nitrogens with one attached hydrogen (secondary N) is 2. The van der Waals surface area contributed by atoms with Gasteiger partial charge in [-0.3, -0.25) is 14.5 Å². The molecular weight excluding hydrogens is 536 g/mol. The van der Waals surface area contributed by atoms with E-state index in [1.807, 2.05) is 58.8 Å². The van der Waals surface area contributed by atoms with Crippen LogP contribution in [0, 0.1) is 5.92 Å². The molecule has 10 heteroatoms. The standard InChI is InChI=1S/C31H32N6O3S/c38-27-16-24(14-23-8-13-41-20-23)31(39)37-11-9-36(10-12-37)18-22-2-1-3-26(15-22)35-30-17-29(32-21-33-30)34-25-4-6-28(7-5-25)40-19-27/h1-8,13,15,17,20-21,24H,9-12,14,16,18-19H2,(H2,32,33,34,35). The molecule has 1 atom stereocenters. The largest absolute Gasteiger partial charge is 0.486 e. The fourth-order valence-electron chi connectivity index (χ4n) is 5.25. The van der Waals surface area contributed by atoms with Crippen LogP contribution in [0.1, 0.15) is 17.5 Å². The normalized spacial score (nSPS) is 19.8. The number of rotatable bonds is 2. The zero-order valence-electron chi connectivity index (χ0n) is 22.7. The van der Waals surface area contributed by atoms with Gasteiger partial charge in [-0.15, -0.1) is 0 Å². The SMILES string of the molecule is O=C1COc2ccc(cc2)Nc2cc(ncn2)Nc2cccc(c2)CN2CCN(CC2)C(=O)C(Cc2ccsc2)C1. The fourth-order valence-corrected chi connectivity index (χ4v) is 5.93. The van der Waals surface area contributed by atoms with E-state index in [-0.39, 0.29) is 24.7 Å². The highest BCUT2D eigenvalue weighted by Gasteiger charge is 2.29. The van der Waals surface area contributed by atoms with Crippen molar-refractivity contribution in [3.8, 4) is 5.75 Å². The second-order valence-electron chi connectivity index (χ2n) is 10.4. The van der Waals surface area contributed by atoms with E-state index in [0.29, 0.717) is 36.9 Å². The van der Waals surface area contributed by atoms with Crippen molar-refractivity contribution >= 4 is 46.0 Å². The van der Waals surface area contributed by atoms with Crippen LogP contribution in [-0.4, -0.2) is 64.2 Å². The number of hydrogen-bond donors (Lipinski definition) is 2. The van der Waals surface area contributed by atoms with Gasteiger partial charge in [0.15, 0.2) is 5.78 Å². The minimum Gasteiger partial charge on any atom is -0.486 e. The summed E-state index contributed by atoms with van der Waals surface area (Å²) in [6.07, 6.45) is 2.23. The number of aromatic nitrogens is 2. The summed E-state index contributed by atoms with van der Waals surface area (Å²) in [5, 5.41) is 10.7. The monoisotopic (exact) mass is 568 g/mol. The Kier molecular flexibility index (Phi) is 8.20. The van der Waals surface area contributed by atoms with Gasteiger partial charge in [0.2, 0.25) is 5.91 Å². The molecule has 5 aliphatic rings. The first-order chi connectivity index (χ1) is 20.1. The molecule has 4 aromatic rings. The van der Waals surface area contributed by atoms with Crippen molar-refractivity contribution in [2.24, 2.45) is 5.92 Å². The molecule has 41 heavy (non-hydrogen) atoms. The Morgan fingerprint density at radius 1 is 0.902 bits per heavy atom. The zero-order valence-corrected chi connectivity index (χ0v) is 23.5. The summed E-state index contributed by atoms with van der Waals surface area (Å²) >= 11 is 1.60. The number of carbonyl (C=O) groups is 2. The summed E-state index contributed by atoms with van der Waals surface area (Å²) in [7, 11) is 0. The molecule has 1 unspecified atom stereocenters. The predicted molar refractivity (Wildman–Crippen MR) is 160 cm³/mol. The number of nitrogens with zero attached hydrogens (tertiary/aromatic N) is 4. The van der Waals surface area contributed by atoms with E-state index in [0.717, 1.165) is 36.6 Å². The maximum atomic E-state index is 13.7. The third-order valence-electron chi connectivity index (χ3n) is 7.37. The van der Waals surface area contributed by atoms with Gasteiger partial charge in [0.25, 0.3) is 0 Å². The average molecular weight is 569 g/mol. The Morgan fingerprint density at radius 3 is 2.44 bits per heavy atom. The maximum absolute atomic E-state index is 13.7. The molecule has 8 bridgehead atoms. The van der Waals surface area contributed by atoms with Crippen LogP contribution in [0.15, 0.2) is 77.8 Å². The predicted octanol–water partition coefficient (Wildman–Crippen LogP) is 4.88. The Balaban J connectivity index is 1.24. The zero-order chi connectivity index (χ0) is 28.0. The molecule has 2 aromatic carbocycles. The number of carbonyl (C=O) groups excluding carboxylic acids is 2. The highest BCUT2D eigenvalue weighted by atomic mass is 32.1. The lowest BCUT2D eigenvalue weighted by molar-refractivity contribution is -0.140. The maximum Gasteiger partial charge on any atom is 0.226 e. The quantitative estimate of drug-likeness (QED) is 0.353. The second kappa shape index (κ2) is 12.5. The van der Waals surface area contributed by atoms with E-state index < -0.39 is 5.92 Å². The van der Waals surface area contributed by atoms with Gasteiger partial charge in [0, 0.05) is 62.5 Å². The molecule has 0 saturated carbocycles. The van der Waals surface area contributed by atoms with Gasteiger partial charge in [-0.25, -0.2) is 9.97 Å². The van der Waals surface area contributed by atoms with Crippen LogP contribution >= 0.6 is 11.3 Å². The molecule has 1 fully saturated rings. The highest BCUT2D eigenvalue weighted by Crippen LogP contribution is 2.24. The molecule has 0 spiro atoms. The molecule has 1 saturated heterocycles. The van der Waals surface area contributed by atoms with Gasteiger partial charge < -0.3 is 20.3 Å². The molecule has 210 valence electrons. The van der Waals surface area contributed by atoms with Crippen LogP contribution in [0.4, 0.5) is 23.0 Å². The first-order valence-corrected chi connectivity index (χ1v) is 14.7. The van der Waals surface area contributed by atoms with Gasteiger partial charge >= 0.3 is 0 Å². The molecule has 1 amide bonds. The van der Waals surface area contributed by atoms with E-state index in [1.165, 1.54) is 11.9 Å². The van der Waals surface area contributed by atoms with Crippen molar-refractivity contribution in [3.63, 3.8) is 0 Å². The lowest BCUT2D eigenvalue weighted by atomic mass is 9.94. The summed E-state index contributed by atoms with van der Waals surface area (Å²) in [5.41, 5.74) is 4.04. The third kappa shape index (κ3) is 7.08. The lowest BCUT2D eigenvalue weighted by Gasteiger charge is -2.36. The molecule has 9 rings (SSSR count). The Labute approximate surface area is 243 Å². The topological polar surface area (TPSA) is 99.7 Å². The number of hydrogen-bond acceptors (Lipinski definition) is 9. The van der Waals surface area contributed by atoms with Crippen molar-refractivity contribution < 1.29 is 14.3 Å². The van der Waals surface area contributed by atoms with E-state index in [1.54, 1.807) is 11.3 Å². The smallest absolute Gasteiger partial charge is 0.226 e. The van der Waals surface area contributed by atoms with Crippen LogP contribution in [0.25, 0.3) is 0 Å². The van der Waals surface area contributed by atoms with Gasteiger partial charge in [-0.1, -0.05) is 12.1 Å². The number of piperazine rings is 1. The number of ether oxygens (including phenoxy) is 1. The molecule has 2 aromatic heterocycles. The Morgan fingerprint density at radius 2 is 1.68 bits per heavy atom. The third-order valence-corrected chi connectivity index (χ3v) is 8.10. The van der Waals surface area contributed by atoms with Crippen LogP contribution in [-0.2, 0) is 22.6 Å². The van der Waals surface area contributed by atoms with Crippen molar-refractivity contribution in [1.29, 1.82) is 0 Å². The minimum absolute atomic E-state index is 0.0482. The molecule has 0 radical (unpaired) electrons. The van der Waals surface area contributed by atoms with E-state index in [4.69, 9.17) is 4.74 Å². The van der Waals surface area contributed by atoms with Crippen LogP contribution < -0.4 is 15.4 Å². The number of anilines is 4. The van der Waals surface area contributed by atoms with Crippen LogP contribution in [0.3, 0.4) is 0 Å². The summed E-state index contributed by atoms with van der Waals surface area (Å²) in [5.74, 6) is 1.48. The molecule has 7 heterocycles. The van der Waals surface area contributed by atoms with Crippen molar-refractivity contribution in [3.05, 3.63) is 88.9 Å². The van der Waals surface area contributed by atoms with Gasteiger partial charge in [0.1, 0.15) is 30.3 Å².